The van der Waals surface area contributed by atoms with Crippen LogP contribution in [0.3, 0.4) is 0 Å². The summed E-state index contributed by atoms with van der Waals surface area (Å²) in [6.45, 7) is 1.17. The van der Waals surface area contributed by atoms with Crippen molar-refractivity contribution in [2.24, 2.45) is 5.92 Å². The molecule has 0 radical (unpaired) electrons. The molecule has 1 aliphatic rings. The third-order valence-corrected chi connectivity index (χ3v) is 2.14. The highest BCUT2D eigenvalue weighted by Crippen LogP contribution is 2.11. The van der Waals surface area contributed by atoms with Crippen molar-refractivity contribution in [2.45, 2.75) is 12.8 Å². The summed E-state index contributed by atoms with van der Waals surface area (Å²) in [5, 5.41) is 8.70. The molecule has 4 nitrogen and oxygen atoms in total. The first-order valence-electron chi connectivity index (χ1n) is 4.05. The van der Waals surface area contributed by atoms with E-state index in [0.29, 0.717) is 13.0 Å². The van der Waals surface area contributed by atoms with E-state index in [1.54, 1.807) is 0 Å². The van der Waals surface area contributed by atoms with Crippen LogP contribution in [-0.2, 0) is 9.59 Å². The molecule has 1 fully saturated rings. The molecule has 0 spiro atoms. The number of carboxylic acids is 1. The zero-order valence-corrected chi connectivity index (χ0v) is 7.12. The molecule has 0 amide bonds. The maximum absolute atomic E-state index is 11.2. The average molecular weight is 171 g/mol. The average Bonchev–Trinajstić information content (AvgIpc) is 2.13. The fourth-order valence-electron chi connectivity index (χ4n) is 1.42. The molecule has 0 saturated carbocycles. The van der Waals surface area contributed by atoms with Gasteiger partial charge in [0.25, 0.3) is 0 Å². The smallest absolute Gasteiger partial charge is 0.315 e. The zero-order valence-electron chi connectivity index (χ0n) is 7.12. The fourth-order valence-corrected chi connectivity index (χ4v) is 1.42. The van der Waals surface area contributed by atoms with Crippen LogP contribution in [0.4, 0.5) is 0 Å². The summed E-state index contributed by atoms with van der Waals surface area (Å²) in [6.07, 6.45) is 1.18. The topological polar surface area (TPSA) is 57.6 Å². The highest BCUT2D eigenvalue weighted by Gasteiger charge is 2.29. The number of ketones is 1. The molecule has 1 heterocycles. The van der Waals surface area contributed by atoms with Crippen molar-refractivity contribution < 1.29 is 14.7 Å². The molecule has 0 aromatic rings. The van der Waals surface area contributed by atoms with Crippen LogP contribution in [0.15, 0.2) is 0 Å². The summed E-state index contributed by atoms with van der Waals surface area (Å²) in [6, 6.07) is 0. The first-order valence-corrected chi connectivity index (χ1v) is 4.05. The molecular weight excluding hydrogens is 158 g/mol. The zero-order chi connectivity index (χ0) is 9.14. The maximum atomic E-state index is 11.2. The third-order valence-electron chi connectivity index (χ3n) is 2.14. The molecule has 0 aliphatic carbocycles. The second kappa shape index (κ2) is 3.67. The molecule has 1 N–H and O–H groups in total. The van der Waals surface area contributed by atoms with Gasteiger partial charge in [0.2, 0.25) is 0 Å². The van der Waals surface area contributed by atoms with E-state index < -0.39 is 11.9 Å². The Morgan fingerprint density at radius 2 is 2.33 bits per heavy atom. The molecule has 1 saturated heterocycles. The molecule has 1 aliphatic heterocycles. The van der Waals surface area contributed by atoms with Crippen LogP contribution in [0.25, 0.3) is 0 Å². The molecule has 1 rings (SSSR count). The molecule has 0 aromatic carbocycles. The second-order valence-corrected chi connectivity index (χ2v) is 3.22. The van der Waals surface area contributed by atoms with E-state index in [2.05, 4.69) is 0 Å². The highest BCUT2D eigenvalue weighted by molar-refractivity contribution is 5.98. The summed E-state index contributed by atoms with van der Waals surface area (Å²) in [4.78, 5) is 23.7. The predicted molar refractivity (Wildman–Crippen MR) is 42.9 cm³/mol. The van der Waals surface area contributed by atoms with Crippen LogP contribution in [0.2, 0.25) is 0 Å². The number of carbonyl (C=O) groups is 2. The standard InChI is InChI=1S/C8H13NO3/c1-9-4-2-3-7(10)6(5-9)8(11)12/h6H,2-5H2,1H3,(H,11,12). The lowest BCUT2D eigenvalue weighted by molar-refractivity contribution is -0.146. The number of carbonyl (C=O) groups excluding carboxylic acids is 1. The minimum absolute atomic E-state index is 0.133. The lowest BCUT2D eigenvalue weighted by Gasteiger charge is -2.15. The van der Waals surface area contributed by atoms with Gasteiger partial charge in [0.1, 0.15) is 11.7 Å². The SMILES string of the molecule is CN1CCCC(=O)C(C(=O)O)C1. The predicted octanol–water partition coefficient (Wildman–Crippen LogP) is -0.0181. The number of Topliss-reactive ketones (excluding diaryl/α,β-unsaturated/α-hetero) is 1. The van der Waals surface area contributed by atoms with Crippen molar-refractivity contribution in [1.82, 2.24) is 4.90 Å². The Morgan fingerprint density at radius 1 is 1.67 bits per heavy atom. The van der Waals surface area contributed by atoms with E-state index in [0.717, 1.165) is 13.0 Å². The van der Waals surface area contributed by atoms with Crippen LogP contribution in [0.5, 0.6) is 0 Å². The first-order chi connectivity index (χ1) is 5.61. The van der Waals surface area contributed by atoms with E-state index in [-0.39, 0.29) is 5.78 Å². The summed E-state index contributed by atoms with van der Waals surface area (Å²) >= 11 is 0. The Hall–Kier alpha value is -0.900. The fraction of sp³-hybridized carbons (Fsp3) is 0.750. The van der Waals surface area contributed by atoms with Crippen molar-refractivity contribution in [2.75, 3.05) is 20.1 Å². The van der Waals surface area contributed by atoms with E-state index in [4.69, 9.17) is 5.11 Å². The molecule has 0 aromatic heterocycles. The van der Waals surface area contributed by atoms with Crippen LogP contribution in [0, 0.1) is 5.92 Å². The Bertz CT molecular complexity index is 202. The molecule has 4 heteroatoms. The summed E-state index contributed by atoms with van der Waals surface area (Å²) < 4.78 is 0. The van der Waals surface area contributed by atoms with Gasteiger partial charge in [0, 0.05) is 13.0 Å². The van der Waals surface area contributed by atoms with Gasteiger partial charge in [0.15, 0.2) is 0 Å². The number of rotatable bonds is 1. The number of nitrogens with zero attached hydrogens (tertiary/aromatic N) is 1. The molecule has 68 valence electrons. The van der Waals surface area contributed by atoms with Gasteiger partial charge in [0.05, 0.1) is 0 Å². The number of aliphatic carboxylic acids is 1. The number of hydrogen-bond donors (Lipinski definition) is 1. The van der Waals surface area contributed by atoms with E-state index in [9.17, 15) is 9.59 Å². The number of likely N-dealkylation sites (tertiary alicyclic amines) is 1. The minimum Gasteiger partial charge on any atom is -0.481 e. The first kappa shape index (κ1) is 9.19. The monoisotopic (exact) mass is 171 g/mol. The van der Waals surface area contributed by atoms with Gasteiger partial charge < -0.3 is 10.0 Å². The second-order valence-electron chi connectivity index (χ2n) is 3.22. The van der Waals surface area contributed by atoms with E-state index in [1.807, 2.05) is 11.9 Å². The van der Waals surface area contributed by atoms with Gasteiger partial charge in [-0.3, -0.25) is 9.59 Å². The Balaban J connectivity index is 2.67. The number of hydrogen-bond acceptors (Lipinski definition) is 3. The van der Waals surface area contributed by atoms with Crippen molar-refractivity contribution in [3.8, 4) is 0 Å². The van der Waals surface area contributed by atoms with Crippen LogP contribution >= 0.6 is 0 Å². The van der Waals surface area contributed by atoms with Crippen LogP contribution in [0.1, 0.15) is 12.8 Å². The molecule has 0 bridgehead atoms. The quantitative estimate of drug-likeness (QED) is 0.563. The molecule has 1 atom stereocenters. The van der Waals surface area contributed by atoms with Crippen LogP contribution < -0.4 is 0 Å². The summed E-state index contributed by atoms with van der Waals surface area (Å²) in [5.41, 5.74) is 0. The lowest BCUT2D eigenvalue weighted by Crippen LogP contribution is -2.32. The Morgan fingerprint density at radius 3 is 2.92 bits per heavy atom. The molecular formula is C8H13NO3. The lowest BCUT2D eigenvalue weighted by atomic mass is 10.0. The van der Waals surface area contributed by atoms with Crippen LogP contribution in [-0.4, -0.2) is 41.9 Å². The third kappa shape index (κ3) is 2.04. The Labute approximate surface area is 71.2 Å². The van der Waals surface area contributed by atoms with Gasteiger partial charge in [-0.25, -0.2) is 0 Å². The van der Waals surface area contributed by atoms with Gasteiger partial charge >= 0.3 is 5.97 Å². The normalized spacial score (nSPS) is 26.8. The van der Waals surface area contributed by atoms with E-state index >= 15 is 0 Å². The van der Waals surface area contributed by atoms with Gasteiger partial charge in [-0.2, -0.15) is 0 Å². The van der Waals surface area contributed by atoms with Crippen molar-refractivity contribution >= 4 is 11.8 Å². The van der Waals surface area contributed by atoms with Gasteiger partial charge in [-0.15, -0.1) is 0 Å². The molecule has 12 heavy (non-hydrogen) atoms. The van der Waals surface area contributed by atoms with Crippen molar-refractivity contribution in [3.63, 3.8) is 0 Å². The van der Waals surface area contributed by atoms with Gasteiger partial charge in [-0.05, 0) is 20.0 Å². The van der Waals surface area contributed by atoms with Crippen molar-refractivity contribution in [3.05, 3.63) is 0 Å². The summed E-state index contributed by atoms with van der Waals surface area (Å²) in [7, 11) is 1.84. The van der Waals surface area contributed by atoms with E-state index in [1.165, 1.54) is 0 Å². The van der Waals surface area contributed by atoms with Gasteiger partial charge in [-0.1, -0.05) is 0 Å². The molecule has 1 unspecified atom stereocenters. The largest absolute Gasteiger partial charge is 0.481 e. The highest BCUT2D eigenvalue weighted by atomic mass is 16.4. The maximum Gasteiger partial charge on any atom is 0.315 e. The van der Waals surface area contributed by atoms with Crippen molar-refractivity contribution in [1.29, 1.82) is 0 Å². The summed E-state index contributed by atoms with van der Waals surface area (Å²) in [5.74, 6) is -1.93. The number of carboxylic acid groups (broad SMARTS) is 1. The Kier molecular flexibility index (Phi) is 2.81. The minimum atomic E-state index is -0.992.